The van der Waals surface area contributed by atoms with Crippen molar-refractivity contribution in [3.05, 3.63) is 28.8 Å². The zero-order valence-corrected chi connectivity index (χ0v) is 16.4. The van der Waals surface area contributed by atoms with E-state index < -0.39 is 0 Å². The predicted octanol–water partition coefficient (Wildman–Crippen LogP) is 4.81. The van der Waals surface area contributed by atoms with Crippen LogP contribution in [0, 0.1) is 5.92 Å². The van der Waals surface area contributed by atoms with Gasteiger partial charge in [-0.3, -0.25) is 4.79 Å². The maximum atomic E-state index is 12.8. The summed E-state index contributed by atoms with van der Waals surface area (Å²) in [5.74, 6) is 0.501. The predicted molar refractivity (Wildman–Crippen MR) is 107 cm³/mol. The fourth-order valence-electron chi connectivity index (χ4n) is 4.52. The number of benzene rings is 1. The molecule has 1 aliphatic heterocycles. The first-order valence-corrected chi connectivity index (χ1v) is 10.7. The number of nitrogens with zero attached hydrogens (tertiary/aromatic N) is 1. The molecule has 3 fully saturated rings. The summed E-state index contributed by atoms with van der Waals surface area (Å²) in [6.45, 7) is 0.822. The Morgan fingerprint density at radius 1 is 1.00 bits per heavy atom. The molecule has 1 aromatic rings. The smallest absolute Gasteiger partial charge is 0.322 e. The second kappa shape index (κ2) is 8.09. The van der Waals surface area contributed by atoms with E-state index in [1.54, 1.807) is 18.2 Å². The standard InChI is InChI=1S/C21H28ClN3O2/c22-18-13-16(10-11-17(18)20(26)23-15-8-9-15)24-21(27)25-12-4-7-19(25)14-5-2-1-3-6-14/h10-11,13-15,19H,1-9,12H2,(H,23,26)(H,24,27)/t19-/m1/s1. The lowest BCUT2D eigenvalue weighted by Crippen LogP contribution is -2.43. The fraction of sp³-hybridized carbons (Fsp3) is 0.619. The van der Waals surface area contributed by atoms with Crippen molar-refractivity contribution in [3.63, 3.8) is 0 Å². The van der Waals surface area contributed by atoms with Crippen LogP contribution in [0.2, 0.25) is 5.02 Å². The lowest BCUT2D eigenvalue weighted by atomic mass is 9.83. The molecular weight excluding hydrogens is 362 g/mol. The van der Waals surface area contributed by atoms with Gasteiger partial charge in [0.1, 0.15) is 0 Å². The van der Waals surface area contributed by atoms with Gasteiger partial charge in [-0.2, -0.15) is 0 Å². The third kappa shape index (κ3) is 4.40. The average Bonchev–Trinajstić information content (AvgIpc) is 3.33. The number of halogens is 1. The van der Waals surface area contributed by atoms with Crippen LogP contribution in [0.4, 0.5) is 10.5 Å². The van der Waals surface area contributed by atoms with Crippen molar-refractivity contribution in [2.45, 2.75) is 69.9 Å². The molecule has 3 amide bonds. The van der Waals surface area contributed by atoms with E-state index >= 15 is 0 Å². The van der Waals surface area contributed by atoms with Crippen molar-refractivity contribution in [3.8, 4) is 0 Å². The minimum atomic E-state index is -0.141. The van der Waals surface area contributed by atoms with Crippen molar-refractivity contribution in [1.29, 1.82) is 0 Å². The lowest BCUT2D eigenvalue weighted by molar-refractivity contribution is 0.0951. The molecule has 1 aromatic carbocycles. The highest BCUT2D eigenvalue weighted by Crippen LogP contribution is 2.34. The number of anilines is 1. The molecule has 2 saturated carbocycles. The fourth-order valence-corrected chi connectivity index (χ4v) is 4.78. The Bertz CT molecular complexity index is 713. The summed E-state index contributed by atoms with van der Waals surface area (Å²) < 4.78 is 0. The number of amides is 3. The molecule has 3 aliphatic rings. The van der Waals surface area contributed by atoms with E-state index in [-0.39, 0.29) is 11.9 Å². The molecule has 5 nitrogen and oxygen atoms in total. The summed E-state index contributed by atoms with van der Waals surface area (Å²) in [6, 6.07) is 5.74. The topological polar surface area (TPSA) is 61.4 Å². The molecule has 0 bridgehead atoms. The first kappa shape index (κ1) is 18.6. The second-order valence-electron chi connectivity index (χ2n) is 8.17. The summed E-state index contributed by atoms with van der Waals surface area (Å²) in [5.41, 5.74) is 1.10. The van der Waals surface area contributed by atoms with Gasteiger partial charge in [-0.1, -0.05) is 30.9 Å². The Morgan fingerprint density at radius 2 is 1.78 bits per heavy atom. The first-order valence-electron chi connectivity index (χ1n) is 10.3. The second-order valence-corrected chi connectivity index (χ2v) is 8.58. The number of hydrogen-bond donors (Lipinski definition) is 2. The minimum absolute atomic E-state index is 0.0469. The maximum absolute atomic E-state index is 12.8. The molecule has 4 rings (SSSR count). The zero-order chi connectivity index (χ0) is 18.8. The van der Waals surface area contributed by atoms with Gasteiger partial charge in [-0.25, -0.2) is 4.79 Å². The molecule has 0 aromatic heterocycles. The highest BCUT2D eigenvalue weighted by molar-refractivity contribution is 6.34. The number of likely N-dealkylation sites (tertiary alicyclic amines) is 1. The van der Waals surface area contributed by atoms with Crippen LogP contribution >= 0.6 is 11.6 Å². The van der Waals surface area contributed by atoms with Gasteiger partial charge in [0.15, 0.2) is 0 Å². The van der Waals surface area contributed by atoms with Crippen molar-refractivity contribution in [1.82, 2.24) is 10.2 Å². The highest BCUT2D eigenvalue weighted by Gasteiger charge is 2.35. The van der Waals surface area contributed by atoms with Crippen molar-refractivity contribution in [2.75, 3.05) is 11.9 Å². The van der Waals surface area contributed by atoms with Crippen LogP contribution in [-0.2, 0) is 0 Å². The molecule has 27 heavy (non-hydrogen) atoms. The van der Waals surface area contributed by atoms with Crippen molar-refractivity contribution < 1.29 is 9.59 Å². The lowest BCUT2D eigenvalue weighted by Gasteiger charge is -2.34. The third-order valence-corrected chi connectivity index (χ3v) is 6.44. The van der Waals surface area contributed by atoms with Crippen molar-refractivity contribution >= 4 is 29.2 Å². The van der Waals surface area contributed by atoms with E-state index in [2.05, 4.69) is 10.6 Å². The van der Waals surface area contributed by atoms with Crippen LogP contribution in [0.15, 0.2) is 18.2 Å². The zero-order valence-electron chi connectivity index (χ0n) is 15.7. The average molecular weight is 390 g/mol. The number of carbonyl (C=O) groups excluding carboxylic acids is 2. The SMILES string of the molecule is O=C(NC1CC1)c1ccc(NC(=O)N2CCC[C@@H]2C2CCCCC2)cc1Cl. The van der Waals surface area contributed by atoms with Crippen LogP contribution < -0.4 is 10.6 Å². The van der Waals surface area contributed by atoms with Gasteiger partial charge in [0.2, 0.25) is 0 Å². The quantitative estimate of drug-likeness (QED) is 0.776. The number of carbonyl (C=O) groups is 2. The van der Waals surface area contributed by atoms with Gasteiger partial charge in [-0.15, -0.1) is 0 Å². The molecule has 1 saturated heterocycles. The van der Waals surface area contributed by atoms with E-state index in [0.29, 0.717) is 34.3 Å². The molecule has 0 spiro atoms. The molecule has 2 N–H and O–H groups in total. The third-order valence-electron chi connectivity index (χ3n) is 6.13. The summed E-state index contributed by atoms with van der Waals surface area (Å²) in [5, 5.41) is 6.29. The summed E-state index contributed by atoms with van der Waals surface area (Å²) in [6.07, 6.45) is 10.7. The molecule has 146 valence electrons. The summed E-state index contributed by atoms with van der Waals surface area (Å²) in [4.78, 5) is 27.0. The van der Waals surface area contributed by atoms with Gasteiger partial charge < -0.3 is 15.5 Å². The maximum Gasteiger partial charge on any atom is 0.322 e. The largest absolute Gasteiger partial charge is 0.349 e. The van der Waals surface area contributed by atoms with Gasteiger partial charge >= 0.3 is 6.03 Å². The summed E-state index contributed by atoms with van der Waals surface area (Å²) in [7, 11) is 0. The van der Waals surface area contributed by atoms with E-state index in [9.17, 15) is 9.59 Å². The van der Waals surface area contributed by atoms with Gasteiger partial charge in [-0.05, 0) is 62.6 Å². The number of hydrogen-bond acceptors (Lipinski definition) is 2. The molecular formula is C21H28ClN3O2. The Balaban J connectivity index is 1.39. The van der Waals surface area contributed by atoms with Gasteiger partial charge in [0.25, 0.3) is 5.91 Å². The Labute approximate surface area is 165 Å². The monoisotopic (exact) mass is 389 g/mol. The molecule has 6 heteroatoms. The Hall–Kier alpha value is -1.75. The first-order chi connectivity index (χ1) is 13.1. The summed E-state index contributed by atoms with van der Waals surface area (Å²) >= 11 is 6.30. The number of nitrogens with one attached hydrogen (secondary N) is 2. The number of urea groups is 1. The van der Waals surface area contributed by atoms with E-state index in [1.807, 2.05) is 4.90 Å². The van der Waals surface area contributed by atoms with Crippen LogP contribution in [0.5, 0.6) is 0 Å². The molecule has 0 radical (unpaired) electrons. The van der Waals surface area contributed by atoms with Crippen LogP contribution in [-0.4, -0.2) is 35.5 Å². The molecule has 0 unspecified atom stereocenters. The molecule has 1 heterocycles. The normalized spacial score (nSPS) is 23.3. The van der Waals surface area contributed by atoms with Gasteiger partial charge in [0.05, 0.1) is 10.6 Å². The Kier molecular flexibility index (Phi) is 5.58. The van der Waals surface area contributed by atoms with E-state index in [0.717, 1.165) is 32.2 Å². The Morgan fingerprint density at radius 3 is 2.48 bits per heavy atom. The molecule has 2 aliphatic carbocycles. The van der Waals surface area contributed by atoms with Gasteiger partial charge in [0, 0.05) is 24.3 Å². The van der Waals surface area contributed by atoms with Crippen LogP contribution in [0.3, 0.4) is 0 Å². The van der Waals surface area contributed by atoms with E-state index in [4.69, 9.17) is 11.6 Å². The van der Waals surface area contributed by atoms with E-state index in [1.165, 1.54) is 32.1 Å². The minimum Gasteiger partial charge on any atom is -0.349 e. The number of rotatable bonds is 4. The highest BCUT2D eigenvalue weighted by atomic mass is 35.5. The molecule has 1 atom stereocenters. The van der Waals surface area contributed by atoms with Crippen LogP contribution in [0.25, 0.3) is 0 Å². The van der Waals surface area contributed by atoms with Crippen LogP contribution in [0.1, 0.15) is 68.1 Å². The van der Waals surface area contributed by atoms with Crippen molar-refractivity contribution in [2.24, 2.45) is 5.92 Å².